The zero-order chi connectivity index (χ0) is 20.9. The number of benzene rings is 4. The highest BCUT2D eigenvalue weighted by Gasteiger charge is 2.22. The van der Waals surface area contributed by atoms with Crippen LogP contribution in [0.2, 0.25) is 0 Å². The minimum atomic E-state index is -0.624. The van der Waals surface area contributed by atoms with E-state index in [9.17, 15) is 4.79 Å². The number of rotatable bonds is 6. The predicted octanol–water partition coefficient (Wildman–Crippen LogP) is 5.82. The quantitative estimate of drug-likeness (QED) is 0.447. The highest BCUT2D eigenvalue weighted by atomic mass is 16.5. The minimum absolute atomic E-state index is 0.153. The van der Waals surface area contributed by atoms with Gasteiger partial charge in [-0.25, -0.2) is 0 Å². The van der Waals surface area contributed by atoms with Crippen molar-refractivity contribution in [2.24, 2.45) is 0 Å². The highest BCUT2D eigenvalue weighted by Crippen LogP contribution is 2.26. The number of carbonyl (C=O) groups excluding carboxylic acids is 1. The van der Waals surface area contributed by atoms with Gasteiger partial charge in [0.1, 0.15) is 5.75 Å². The van der Waals surface area contributed by atoms with Crippen molar-refractivity contribution in [3.63, 3.8) is 0 Å². The fourth-order valence-electron chi connectivity index (χ4n) is 3.65. The summed E-state index contributed by atoms with van der Waals surface area (Å²) in [5, 5.41) is 5.42. The standard InChI is InChI=1S/C27H25NO2/c1-19-10-6-9-15-25(19)26(22-12-4-3-5-13-22)28-27(29)20(2)30-24-17-16-21-11-7-8-14-23(21)18-24/h3-18,20,26H,1-2H3,(H,28,29)/t20-,26+/m1/s1. The number of amides is 1. The Morgan fingerprint density at radius 3 is 2.23 bits per heavy atom. The van der Waals surface area contributed by atoms with Crippen molar-refractivity contribution in [2.45, 2.75) is 26.0 Å². The van der Waals surface area contributed by atoms with Crippen LogP contribution in [0.15, 0.2) is 97.1 Å². The molecule has 1 amide bonds. The van der Waals surface area contributed by atoms with Crippen LogP contribution in [-0.4, -0.2) is 12.0 Å². The van der Waals surface area contributed by atoms with Gasteiger partial charge in [0.05, 0.1) is 6.04 Å². The largest absolute Gasteiger partial charge is 0.481 e. The van der Waals surface area contributed by atoms with Crippen molar-refractivity contribution in [2.75, 3.05) is 0 Å². The van der Waals surface area contributed by atoms with Gasteiger partial charge in [-0.3, -0.25) is 4.79 Å². The van der Waals surface area contributed by atoms with Crippen LogP contribution in [0.4, 0.5) is 0 Å². The van der Waals surface area contributed by atoms with E-state index in [1.54, 1.807) is 6.92 Å². The number of nitrogens with one attached hydrogen (secondary N) is 1. The first-order chi connectivity index (χ1) is 14.6. The van der Waals surface area contributed by atoms with Gasteiger partial charge in [-0.15, -0.1) is 0 Å². The van der Waals surface area contributed by atoms with E-state index in [2.05, 4.69) is 30.4 Å². The Kier molecular flexibility index (Phi) is 5.80. The molecule has 4 rings (SSSR count). The van der Waals surface area contributed by atoms with Crippen LogP contribution in [-0.2, 0) is 4.79 Å². The third kappa shape index (κ3) is 4.36. The third-order valence-electron chi connectivity index (χ3n) is 5.32. The lowest BCUT2D eigenvalue weighted by atomic mass is 9.95. The maximum absolute atomic E-state index is 13.0. The molecule has 0 saturated heterocycles. The van der Waals surface area contributed by atoms with E-state index in [0.717, 1.165) is 27.5 Å². The van der Waals surface area contributed by atoms with Gasteiger partial charge in [0, 0.05) is 0 Å². The summed E-state index contributed by atoms with van der Waals surface area (Å²) >= 11 is 0. The Bertz CT molecular complexity index is 1150. The van der Waals surface area contributed by atoms with Crippen molar-refractivity contribution >= 4 is 16.7 Å². The van der Waals surface area contributed by atoms with Crippen LogP contribution < -0.4 is 10.1 Å². The molecule has 1 N–H and O–H groups in total. The van der Waals surface area contributed by atoms with Gasteiger partial charge in [-0.05, 0) is 53.4 Å². The summed E-state index contributed by atoms with van der Waals surface area (Å²) in [5.41, 5.74) is 3.25. The highest BCUT2D eigenvalue weighted by molar-refractivity contribution is 5.84. The molecule has 0 radical (unpaired) electrons. The molecule has 4 aromatic rings. The molecule has 30 heavy (non-hydrogen) atoms. The molecule has 0 heterocycles. The van der Waals surface area contributed by atoms with Gasteiger partial charge in [0.2, 0.25) is 0 Å². The topological polar surface area (TPSA) is 38.3 Å². The Hall–Kier alpha value is -3.59. The lowest BCUT2D eigenvalue weighted by Gasteiger charge is -2.24. The van der Waals surface area contributed by atoms with Gasteiger partial charge in [0.15, 0.2) is 6.10 Å². The zero-order valence-electron chi connectivity index (χ0n) is 17.2. The molecule has 0 unspecified atom stereocenters. The van der Waals surface area contributed by atoms with Crippen LogP contribution in [0.5, 0.6) is 5.75 Å². The number of aryl methyl sites for hydroxylation is 1. The summed E-state index contributed by atoms with van der Waals surface area (Å²) in [4.78, 5) is 13.0. The Morgan fingerprint density at radius 1 is 0.800 bits per heavy atom. The smallest absolute Gasteiger partial charge is 0.261 e. The fraction of sp³-hybridized carbons (Fsp3) is 0.148. The molecule has 2 atom stereocenters. The molecular formula is C27H25NO2. The molecule has 0 aliphatic heterocycles. The molecule has 4 aromatic carbocycles. The fourth-order valence-corrected chi connectivity index (χ4v) is 3.65. The van der Waals surface area contributed by atoms with Gasteiger partial charge in [-0.2, -0.15) is 0 Å². The maximum atomic E-state index is 13.0. The maximum Gasteiger partial charge on any atom is 0.261 e. The zero-order valence-corrected chi connectivity index (χ0v) is 17.2. The van der Waals surface area contributed by atoms with E-state index >= 15 is 0 Å². The van der Waals surface area contributed by atoms with Crippen LogP contribution in [0.25, 0.3) is 10.8 Å². The molecule has 0 spiro atoms. The molecule has 0 aromatic heterocycles. The number of hydrogen-bond donors (Lipinski definition) is 1. The summed E-state index contributed by atoms with van der Waals surface area (Å²) < 4.78 is 5.98. The second-order valence-electron chi connectivity index (χ2n) is 7.48. The summed E-state index contributed by atoms with van der Waals surface area (Å²) in [6.07, 6.45) is -0.624. The average molecular weight is 396 g/mol. The number of carbonyl (C=O) groups is 1. The molecule has 0 saturated carbocycles. The number of ether oxygens (including phenoxy) is 1. The van der Waals surface area contributed by atoms with Gasteiger partial charge in [0.25, 0.3) is 5.91 Å². The van der Waals surface area contributed by atoms with Crippen molar-refractivity contribution in [1.29, 1.82) is 0 Å². The first kappa shape index (κ1) is 19.7. The molecule has 0 fully saturated rings. The SMILES string of the molecule is Cc1ccccc1[C@@H](NC(=O)[C@@H](C)Oc1ccc2ccccc2c1)c1ccccc1. The summed E-state index contributed by atoms with van der Waals surface area (Å²) in [5.74, 6) is 0.531. The second-order valence-corrected chi connectivity index (χ2v) is 7.48. The third-order valence-corrected chi connectivity index (χ3v) is 5.32. The van der Waals surface area contributed by atoms with E-state index in [1.807, 2.05) is 78.9 Å². The molecule has 3 heteroatoms. The first-order valence-electron chi connectivity index (χ1n) is 10.2. The van der Waals surface area contributed by atoms with E-state index < -0.39 is 6.10 Å². The molecule has 0 aliphatic rings. The summed E-state index contributed by atoms with van der Waals surface area (Å²) in [7, 11) is 0. The monoisotopic (exact) mass is 395 g/mol. The van der Waals surface area contributed by atoms with Gasteiger partial charge >= 0.3 is 0 Å². The van der Waals surface area contributed by atoms with Crippen LogP contribution in [0.3, 0.4) is 0 Å². The van der Waals surface area contributed by atoms with Crippen molar-refractivity contribution < 1.29 is 9.53 Å². The second kappa shape index (κ2) is 8.83. The average Bonchev–Trinajstić information content (AvgIpc) is 2.78. The lowest BCUT2D eigenvalue weighted by Crippen LogP contribution is -2.39. The number of fused-ring (bicyclic) bond motifs is 1. The number of hydrogen-bond acceptors (Lipinski definition) is 2. The minimum Gasteiger partial charge on any atom is -0.481 e. The Morgan fingerprint density at radius 2 is 1.47 bits per heavy atom. The summed E-state index contributed by atoms with van der Waals surface area (Å²) in [6.45, 7) is 3.84. The van der Waals surface area contributed by atoms with Crippen LogP contribution >= 0.6 is 0 Å². The van der Waals surface area contributed by atoms with Gasteiger partial charge < -0.3 is 10.1 Å². The van der Waals surface area contributed by atoms with E-state index in [0.29, 0.717) is 5.75 Å². The molecule has 0 bridgehead atoms. The van der Waals surface area contributed by atoms with E-state index in [-0.39, 0.29) is 11.9 Å². The Balaban J connectivity index is 1.55. The lowest BCUT2D eigenvalue weighted by molar-refractivity contribution is -0.127. The molecule has 0 aliphatic carbocycles. The molecule has 150 valence electrons. The normalized spacial score (nSPS) is 12.9. The molecular weight excluding hydrogens is 370 g/mol. The van der Waals surface area contributed by atoms with Crippen LogP contribution in [0.1, 0.15) is 29.7 Å². The summed E-state index contributed by atoms with van der Waals surface area (Å²) in [6, 6.07) is 31.9. The van der Waals surface area contributed by atoms with E-state index in [1.165, 1.54) is 0 Å². The van der Waals surface area contributed by atoms with Gasteiger partial charge in [-0.1, -0.05) is 84.9 Å². The first-order valence-corrected chi connectivity index (χ1v) is 10.2. The molecule has 3 nitrogen and oxygen atoms in total. The van der Waals surface area contributed by atoms with Crippen molar-refractivity contribution in [1.82, 2.24) is 5.32 Å². The Labute approximate surface area is 177 Å². The van der Waals surface area contributed by atoms with E-state index in [4.69, 9.17) is 4.74 Å². The van der Waals surface area contributed by atoms with Crippen LogP contribution in [0, 0.1) is 6.92 Å². The van der Waals surface area contributed by atoms with Crippen molar-refractivity contribution in [3.05, 3.63) is 114 Å². The van der Waals surface area contributed by atoms with Crippen molar-refractivity contribution in [3.8, 4) is 5.75 Å². The predicted molar refractivity (Wildman–Crippen MR) is 122 cm³/mol.